The van der Waals surface area contributed by atoms with Crippen LogP contribution < -0.4 is 5.32 Å². The van der Waals surface area contributed by atoms with Gasteiger partial charge in [-0.1, -0.05) is 30.3 Å². The van der Waals surface area contributed by atoms with Crippen LogP contribution in [0.25, 0.3) is 0 Å². The van der Waals surface area contributed by atoms with Crippen LogP contribution in [0.5, 0.6) is 0 Å². The number of likely N-dealkylation sites (tertiary alicyclic amines) is 1. The molecule has 1 aromatic carbocycles. The number of carboxylic acids is 1. The molecule has 1 aliphatic rings. The molecule has 102 valence electrons. The standard InChI is InChI=1S/C14H18N2O3/c17-13(18)12-7-9-16(10-12)14(19)15-8-6-11-4-2-1-3-5-11/h1-5,12H,6-10H2,(H,15,19)(H,17,18). The average molecular weight is 262 g/mol. The summed E-state index contributed by atoms with van der Waals surface area (Å²) in [6.07, 6.45) is 1.32. The first-order chi connectivity index (χ1) is 9.16. The summed E-state index contributed by atoms with van der Waals surface area (Å²) in [5.74, 6) is -1.24. The monoisotopic (exact) mass is 262 g/mol. The van der Waals surface area contributed by atoms with Gasteiger partial charge in [0.15, 0.2) is 0 Å². The maximum atomic E-state index is 11.8. The Balaban J connectivity index is 1.72. The highest BCUT2D eigenvalue weighted by molar-refractivity contribution is 5.77. The van der Waals surface area contributed by atoms with Gasteiger partial charge in [0, 0.05) is 19.6 Å². The van der Waals surface area contributed by atoms with E-state index in [0.717, 1.165) is 6.42 Å². The molecular formula is C14H18N2O3. The number of nitrogens with one attached hydrogen (secondary N) is 1. The van der Waals surface area contributed by atoms with E-state index in [2.05, 4.69) is 5.32 Å². The first kappa shape index (κ1) is 13.4. The topological polar surface area (TPSA) is 69.6 Å². The number of carbonyl (C=O) groups is 2. The number of urea groups is 1. The maximum absolute atomic E-state index is 11.8. The Morgan fingerprint density at radius 3 is 2.68 bits per heavy atom. The minimum atomic E-state index is -0.820. The van der Waals surface area contributed by atoms with Crippen LogP contribution in [0.4, 0.5) is 4.79 Å². The van der Waals surface area contributed by atoms with Crippen molar-refractivity contribution in [2.24, 2.45) is 5.92 Å². The lowest BCUT2D eigenvalue weighted by molar-refractivity contribution is -0.141. The van der Waals surface area contributed by atoms with Crippen LogP contribution in [0.3, 0.4) is 0 Å². The second-order valence-electron chi connectivity index (χ2n) is 4.74. The van der Waals surface area contributed by atoms with Crippen molar-refractivity contribution >= 4 is 12.0 Å². The maximum Gasteiger partial charge on any atom is 0.317 e. The highest BCUT2D eigenvalue weighted by Crippen LogP contribution is 2.15. The van der Waals surface area contributed by atoms with Crippen LogP contribution in [0.15, 0.2) is 30.3 Å². The van der Waals surface area contributed by atoms with Crippen LogP contribution in [-0.4, -0.2) is 41.6 Å². The Morgan fingerprint density at radius 2 is 2.05 bits per heavy atom. The largest absolute Gasteiger partial charge is 0.481 e. The summed E-state index contributed by atoms with van der Waals surface area (Å²) in [6, 6.07) is 9.76. The van der Waals surface area contributed by atoms with Gasteiger partial charge in [0.25, 0.3) is 0 Å². The Kier molecular flexibility index (Phi) is 4.39. The molecule has 5 heteroatoms. The number of rotatable bonds is 4. The van der Waals surface area contributed by atoms with Crippen LogP contribution >= 0.6 is 0 Å². The van der Waals surface area contributed by atoms with Gasteiger partial charge in [-0.2, -0.15) is 0 Å². The Bertz CT molecular complexity index is 447. The van der Waals surface area contributed by atoms with Crippen molar-refractivity contribution in [2.45, 2.75) is 12.8 Å². The number of nitrogens with zero attached hydrogens (tertiary/aromatic N) is 1. The highest BCUT2D eigenvalue weighted by atomic mass is 16.4. The first-order valence-electron chi connectivity index (χ1n) is 6.46. The summed E-state index contributed by atoms with van der Waals surface area (Å²) in [4.78, 5) is 24.2. The quantitative estimate of drug-likeness (QED) is 0.860. The van der Waals surface area contributed by atoms with E-state index in [1.165, 1.54) is 5.56 Å². The van der Waals surface area contributed by atoms with E-state index < -0.39 is 11.9 Å². The van der Waals surface area contributed by atoms with E-state index in [0.29, 0.717) is 26.1 Å². The molecule has 0 radical (unpaired) electrons. The molecule has 0 spiro atoms. The third-order valence-electron chi connectivity index (χ3n) is 3.36. The zero-order chi connectivity index (χ0) is 13.7. The molecule has 2 N–H and O–H groups in total. The molecule has 1 saturated heterocycles. The van der Waals surface area contributed by atoms with Crippen LogP contribution in [0.2, 0.25) is 0 Å². The van der Waals surface area contributed by atoms with Crippen LogP contribution in [0.1, 0.15) is 12.0 Å². The van der Waals surface area contributed by atoms with Crippen LogP contribution in [0, 0.1) is 5.92 Å². The fourth-order valence-corrected chi connectivity index (χ4v) is 2.22. The number of benzene rings is 1. The fourth-order valence-electron chi connectivity index (χ4n) is 2.22. The molecule has 1 atom stereocenters. The van der Waals surface area contributed by atoms with Gasteiger partial charge in [-0.05, 0) is 18.4 Å². The Labute approximate surface area is 112 Å². The van der Waals surface area contributed by atoms with E-state index in [1.807, 2.05) is 30.3 Å². The molecule has 1 fully saturated rings. The van der Waals surface area contributed by atoms with Crippen molar-refractivity contribution < 1.29 is 14.7 Å². The zero-order valence-electron chi connectivity index (χ0n) is 10.7. The molecule has 1 aliphatic heterocycles. The second kappa shape index (κ2) is 6.22. The predicted molar refractivity (Wildman–Crippen MR) is 70.9 cm³/mol. The Morgan fingerprint density at radius 1 is 1.32 bits per heavy atom. The lowest BCUT2D eigenvalue weighted by Gasteiger charge is -2.16. The lowest BCUT2D eigenvalue weighted by atomic mass is 10.1. The minimum Gasteiger partial charge on any atom is -0.481 e. The van der Waals surface area contributed by atoms with Crippen molar-refractivity contribution in [3.63, 3.8) is 0 Å². The number of aliphatic carboxylic acids is 1. The third-order valence-corrected chi connectivity index (χ3v) is 3.36. The van der Waals surface area contributed by atoms with E-state index in [9.17, 15) is 9.59 Å². The van der Waals surface area contributed by atoms with E-state index in [-0.39, 0.29) is 6.03 Å². The number of amides is 2. The molecule has 0 bridgehead atoms. The summed E-state index contributed by atoms with van der Waals surface area (Å²) < 4.78 is 0. The van der Waals surface area contributed by atoms with Crippen molar-refractivity contribution in [1.29, 1.82) is 0 Å². The van der Waals surface area contributed by atoms with Gasteiger partial charge in [-0.25, -0.2) is 4.79 Å². The minimum absolute atomic E-state index is 0.167. The zero-order valence-corrected chi connectivity index (χ0v) is 10.7. The van der Waals surface area contributed by atoms with Gasteiger partial charge in [0.2, 0.25) is 0 Å². The second-order valence-corrected chi connectivity index (χ2v) is 4.74. The number of hydrogen-bond acceptors (Lipinski definition) is 2. The summed E-state index contributed by atoms with van der Waals surface area (Å²) >= 11 is 0. The summed E-state index contributed by atoms with van der Waals surface area (Å²) in [7, 11) is 0. The molecule has 0 aliphatic carbocycles. The molecule has 0 aromatic heterocycles. The van der Waals surface area contributed by atoms with Crippen molar-refractivity contribution in [3.8, 4) is 0 Å². The fraction of sp³-hybridized carbons (Fsp3) is 0.429. The van der Waals surface area contributed by atoms with Crippen molar-refractivity contribution in [3.05, 3.63) is 35.9 Å². The van der Waals surface area contributed by atoms with Crippen LogP contribution in [-0.2, 0) is 11.2 Å². The molecule has 19 heavy (non-hydrogen) atoms. The lowest BCUT2D eigenvalue weighted by Crippen LogP contribution is -2.39. The summed E-state index contributed by atoms with van der Waals surface area (Å²) in [6.45, 7) is 1.40. The molecular weight excluding hydrogens is 244 g/mol. The normalized spacial score (nSPS) is 18.3. The summed E-state index contributed by atoms with van der Waals surface area (Å²) in [5.41, 5.74) is 1.17. The highest BCUT2D eigenvalue weighted by Gasteiger charge is 2.30. The smallest absolute Gasteiger partial charge is 0.317 e. The van der Waals surface area contributed by atoms with Gasteiger partial charge >= 0.3 is 12.0 Å². The van der Waals surface area contributed by atoms with Gasteiger partial charge in [0.05, 0.1) is 5.92 Å². The molecule has 1 unspecified atom stereocenters. The third kappa shape index (κ3) is 3.71. The molecule has 1 heterocycles. The van der Waals surface area contributed by atoms with Gasteiger partial charge in [-0.15, -0.1) is 0 Å². The molecule has 2 rings (SSSR count). The molecule has 1 aromatic rings. The Hall–Kier alpha value is -2.04. The first-order valence-corrected chi connectivity index (χ1v) is 6.46. The van der Waals surface area contributed by atoms with Crippen molar-refractivity contribution in [1.82, 2.24) is 10.2 Å². The molecule has 2 amide bonds. The summed E-state index contributed by atoms with van der Waals surface area (Å²) in [5, 5.41) is 11.7. The number of carboxylic acid groups (broad SMARTS) is 1. The van der Waals surface area contributed by atoms with Crippen molar-refractivity contribution in [2.75, 3.05) is 19.6 Å². The van der Waals surface area contributed by atoms with E-state index >= 15 is 0 Å². The van der Waals surface area contributed by atoms with Gasteiger partial charge < -0.3 is 15.3 Å². The van der Waals surface area contributed by atoms with E-state index in [4.69, 9.17) is 5.11 Å². The molecule has 0 saturated carbocycles. The predicted octanol–water partition coefficient (Wildman–Crippen LogP) is 1.35. The number of hydrogen-bond donors (Lipinski definition) is 2. The average Bonchev–Trinajstić information content (AvgIpc) is 2.89. The SMILES string of the molecule is O=C(O)C1CCN(C(=O)NCCc2ccccc2)C1. The molecule has 5 nitrogen and oxygen atoms in total. The van der Waals surface area contributed by atoms with Gasteiger partial charge in [-0.3, -0.25) is 4.79 Å². The van der Waals surface area contributed by atoms with E-state index in [1.54, 1.807) is 4.90 Å². The number of carbonyl (C=O) groups excluding carboxylic acids is 1. The van der Waals surface area contributed by atoms with Gasteiger partial charge in [0.1, 0.15) is 0 Å².